The minimum absolute atomic E-state index is 0.246. The van der Waals surface area contributed by atoms with E-state index in [-0.39, 0.29) is 5.91 Å². The van der Waals surface area contributed by atoms with Crippen molar-refractivity contribution < 1.29 is 4.79 Å². The number of hydrogen-bond donors (Lipinski definition) is 2. The average molecular weight is 282 g/mol. The first kappa shape index (κ1) is 17.5. The van der Waals surface area contributed by atoms with Crippen LogP contribution in [0.1, 0.15) is 66.2 Å². The molecule has 1 fully saturated rings. The van der Waals surface area contributed by atoms with Crippen LogP contribution in [0.25, 0.3) is 0 Å². The Kier molecular flexibility index (Phi) is 7.57. The minimum Gasteiger partial charge on any atom is -0.356 e. The van der Waals surface area contributed by atoms with Crippen molar-refractivity contribution in [2.24, 2.45) is 17.3 Å². The summed E-state index contributed by atoms with van der Waals surface area (Å²) >= 11 is 0. The topological polar surface area (TPSA) is 41.1 Å². The second kappa shape index (κ2) is 8.66. The number of carbonyl (C=O) groups excluding carboxylic acids is 1. The summed E-state index contributed by atoms with van der Waals surface area (Å²) in [5.74, 6) is 1.47. The second-order valence-electron chi connectivity index (χ2n) is 6.61. The number of amides is 1. The highest BCUT2D eigenvalue weighted by Gasteiger charge is 2.26. The van der Waals surface area contributed by atoms with Crippen molar-refractivity contribution in [2.75, 3.05) is 19.6 Å². The van der Waals surface area contributed by atoms with E-state index in [1.165, 1.54) is 12.8 Å². The molecule has 3 nitrogen and oxygen atoms in total. The predicted molar refractivity (Wildman–Crippen MR) is 85.7 cm³/mol. The van der Waals surface area contributed by atoms with Gasteiger partial charge in [-0.05, 0) is 62.4 Å². The summed E-state index contributed by atoms with van der Waals surface area (Å²) in [5.41, 5.74) is 0.299. The lowest BCUT2D eigenvalue weighted by Gasteiger charge is -2.31. The van der Waals surface area contributed by atoms with E-state index >= 15 is 0 Å². The van der Waals surface area contributed by atoms with Gasteiger partial charge in [-0.2, -0.15) is 0 Å². The molecule has 0 aromatic carbocycles. The van der Waals surface area contributed by atoms with Gasteiger partial charge < -0.3 is 10.6 Å². The van der Waals surface area contributed by atoms with Crippen molar-refractivity contribution in [3.05, 3.63) is 0 Å². The van der Waals surface area contributed by atoms with Gasteiger partial charge in [-0.3, -0.25) is 4.79 Å². The molecule has 118 valence electrons. The monoisotopic (exact) mass is 282 g/mol. The van der Waals surface area contributed by atoms with Crippen LogP contribution in [0.2, 0.25) is 0 Å². The third-order valence-electron chi connectivity index (χ3n) is 5.61. The highest BCUT2D eigenvalue weighted by molar-refractivity contribution is 5.76. The van der Waals surface area contributed by atoms with Crippen LogP contribution in [0.5, 0.6) is 0 Å². The zero-order chi connectivity index (χ0) is 15.0. The van der Waals surface area contributed by atoms with Gasteiger partial charge in [0.15, 0.2) is 0 Å². The average Bonchev–Trinajstić information content (AvgIpc) is 2.50. The zero-order valence-electron chi connectivity index (χ0n) is 13.9. The summed E-state index contributed by atoms with van der Waals surface area (Å²) in [5, 5.41) is 6.58. The zero-order valence-corrected chi connectivity index (χ0v) is 13.9. The predicted octanol–water partition coefficient (Wildman–Crippen LogP) is 3.34. The van der Waals surface area contributed by atoms with Crippen LogP contribution >= 0.6 is 0 Å². The molecular formula is C17H34N2O. The molecule has 0 saturated carbocycles. The molecule has 1 amide bonds. The fourth-order valence-corrected chi connectivity index (χ4v) is 3.36. The standard InChI is InChI=1S/C17H34N2O/c1-5-17(6-2,7-3)13-19-16(20)12-14(4)15-8-10-18-11-9-15/h14-15,18H,5-13H2,1-4H3,(H,19,20). The van der Waals surface area contributed by atoms with Crippen LogP contribution in [-0.2, 0) is 4.79 Å². The first-order valence-electron chi connectivity index (χ1n) is 8.54. The highest BCUT2D eigenvalue weighted by Crippen LogP contribution is 2.29. The van der Waals surface area contributed by atoms with E-state index in [4.69, 9.17) is 0 Å². The molecule has 0 bridgehead atoms. The number of hydrogen-bond acceptors (Lipinski definition) is 2. The third kappa shape index (κ3) is 5.08. The number of piperidine rings is 1. The van der Waals surface area contributed by atoms with Crippen molar-refractivity contribution in [3.8, 4) is 0 Å². The van der Waals surface area contributed by atoms with Crippen molar-refractivity contribution in [3.63, 3.8) is 0 Å². The molecule has 0 radical (unpaired) electrons. The van der Waals surface area contributed by atoms with Gasteiger partial charge in [0.25, 0.3) is 0 Å². The van der Waals surface area contributed by atoms with Crippen molar-refractivity contribution in [1.82, 2.24) is 10.6 Å². The first-order valence-corrected chi connectivity index (χ1v) is 8.54. The maximum absolute atomic E-state index is 12.2. The molecule has 3 heteroatoms. The Hall–Kier alpha value is -0.570. The van der Waals surface area contributed by atoms with Gasteiger partial charge in [0.2, 0.25) is 5.91 Å². The molecular weight excluding hydrogens is 248 g/mol. The quantitative estimate of drug-likeness (QED) is 0.717. The molecule has 1 atom stereocenters. The van der Waals surface area contributed by atoms with E-state index in [1.807, 2.05) is 0 Å². The number of rotatable bonds is 8. The molecule has 0 aromatic rings. The number of nitrogens with one attached hydrogen (secondary N) is 2. The Morgan fingerprint density at radius 3 is 2.25 bits per heavy atom. The van der Waals surface area contributed by atoms with Gasteiger partial charge in [0, 0.05) is 13.0 Å². The van der Waals surface area contributed by atoms with Gasteiger partial charge in [0.1, 0.15) is 0 Å². The van der Waals surface area contributed by atoms with Crippen LogP contribution < -0.4 is 10.6 Å². The van der Waals surface area contributed by atoms with Crippen molar-refractivity contribution >= 4 is 5.91 Å². The maximum Gasteiger partial charge on any atom is 0.220 e. The molecule has 1 unspecified atom stereocenters. The lowest BCUT2D eigenvalue weighted by Crippen LogP contribution is -2.38. The summed E-state index contributed by atoms with van der Waals surface area (Å²) < 4.78 is 0. The summed E-state index contributed by atoms with van der Waals surface area (Å²) in [7, 11) is 0. The van der Waals surface area contributed by atoms with Gasteiger partial charge in [0.05, 0.1) is 0 Å². The summed E-state index contributed by atoms with van der Waals surface area (Å²) in [6.45, 7) is 12.0. The Labute approximate surface area is 125 Å². The van der Waals surface area contributed by atoms with Crippen LogP contribution in [0, 0.1) is 17.3 Å². The molecule has 1 aliphatic heterocycles. The van der Waals surface area contributed by atoms with Crippen LogP contribution in [0.3, 0.4) is 0 Å². The van der Waals surface area contributed by atoms with E-state index in [2.05, 4.69) is 38.3 Å². The largest absolute Gasteiger partial charge is 0.356 e. The number of carbonyl (C=O) groups is 1. The summed E-state index contributed by atoms with van der Waals surface area (Å²) in [6.07, 6.45) is 6.56. The molecule has 0 spiro atoms. The van der Waals surface area contributed by atoms with E-state index in [0.29, 0.717) is 17.8 Å². The lowest BCUT2D eigenvalue weighted by molar-refractivity contribution is -0.122. The van der Waals surface area contributed by atoms with Crippen molar-refractivity contribution in [1.29, 1.82) is 0 Å². The van der Waals surface area contributed by atoms with E-state index in [0.717, 1.165) is 44.8 Å². The molecule has 1 saturated heterocycles. The maximum atomic E-state index is 12.2. The molecule has 1 rings (SSSR count). The second-order valence-corrected chi connectivity index (χ2v) is 6.61. The first-order chi connectivity index (χ1) is 9.56. The minimum atomic E-state index is 0.246. The fraction of sp³-hybridized carbons (Fsp3) is 0.941. The smallest absolute Gasteiger partial charge is 0.220 e. The van der Waals surface area contributed by atoms with Crippen LogP contribution in [0.4, 0.5) is 0 Å². The normalized spacial score (nSPS) is 18.8. The highest BCUT2D eigenvalue weighted by atomic mass is 16.1. The molecule has 0 aliphatic carbocycles. The SMILES string of the molecule is CCC(CC)(CC)CNC(=O)CC(C)C1CCNCC1. The van der Waals surface area contributed by atoms with Gasteiger partial charge in [-0.15, -0.1) is 0 Å². The lowest BCUT2D eigenvalue weighted by atomic mass is 9.79. The van der Waals surface area contributed by atoms with Crippen LogP contribution in [0.15, 0.2) is 0 Å². The molecule has 20 heavy (non-hydrogen) atoms. The Morgan fingerprint density at radius 2 is 1.75 bits per heavy atom. The fourth-order valence-electron chi connectivity index (χ4n) is 3.36. The molecule has 1 aliphatic rings. The summed E-state index contributed by atoms with van der Waals surface area (Å²) in [6, 6.07) is 0. The van der Waals surface area contributed by atoms with Crippen LogP contribution in [-0.4, -0.2) is 25.5 Å². The van der Waals surface area contributed by atoms with Gasteiger partial charge in [-0.1, -0.05) is 27.7 Å². The molecule has 1 heterocycles. The van der Waals surface area contributed by atoms with Crippen molar-refractivity contribution in [2.45, 2.75) is 66.2 Å². The Balaban J connectivity index is 2.35. The molecule has 0 aromatic heterocycles. The summed E-state index contributed by atoms with van der Waals surface area (Å²) in [4.78, 5) is 12.2. The van der Waals surface area contributed by atoms with Gasteiger partial charge in [-0.25, -0.2) is 0 Å². The third-order valence-corrected chi connectivity index (χ3v) is 5.61. The van der Waals surface area contributed by atoms with E-state index in [1.54, 1.807) is 0 Å². The Bertz CT molecular complexity index is 272. The van der Waals surface area contributed by atoms with E-state index in [9.17, 15) is 4.79 Å². The molecule has 2 N–H and O–H groups in total. The van der Waals surface area contributed by atoms with Gasteiger partial charge >= 0.3 is 0 Å². The van der Waals surface area contributed by atoms with E-state index < -0.39 is 0 Å². The Morgan fingerprint density at radius 1 is 1.20 bits per heavy atom.